The predicted molar refractivity (Wildman–Crippen MR) is 68.2 cm³/mol. The molecule has 2 bridgehead atoms. The summed E-state index contributed by atoms with van der Waals surface area (Å²) in [7, 11) is 1.45. The highest BCUT2D eigenvalue weighted by atomic mass is 16.5. The Morgan fingerprint density at radius 1 is 1.28 bits per heavy atom. The lowest BCUT2D eigenvalue weighted by Gasteiger charge is -2.33. The SMILES string of the molecule is COC(=O)N1C[C@@H]2C[C@H]1CN2Cc1ccccc1. The zero-order valence-electron chi connectivity index (χ0n) is 10.6. The van der Waals surface area contributed by atoms with Crippen molar-refractivity contribution in [1.29, 1.82) is 0 Å². The molecule has 1 aromatic carbocycles. The van der Waals surface area contributed by atoms with E-state index in [1.165, 1.54) is 12.7 Å². The van der Waals surface area contributed by atoms with Crippen molar-refractivity contribution >= 4 is 6.09 Å². The van der Waals surface area contributed by atoms with Crippen molar-refractivity contribution in [2.45, 2.75) is 25.0 Å². The van der Waals surface area contributed by atoms with Gasteiger partial charge < -0.3 is 9.64 Å². The number of hydrogen-bond acceptors (Lipinski definition) is 3. The topological polar surface area (TPSA) is 32.8 Å². The highest BCUT2D eigenvalue weighted by Crippen LogP contribution is 2.32. The minimum absolute atomic E-state index is 0.179. The molecule has 0 aromatic heterocycles. The van der Waals surface area contributed by atoms with Crippen LogP contribution >= 0.6 is 0 Å². The molecule has 18 heavy (non-hydrogen) atoms. The number of piperazine rings is 1. The van der Waals surface area contributed by atoms with Crippen LogP contribution in [0, 0.1) is 0 Å². The van der Waals surface area contributed by atoms with Crippen LogP contribution in [-0.4, -0.2) is 48.2 Å². The first-order valence-corrected chi connectivity index (χ1v) is 6.40. The molecule has 4 nitrogen and oxygen atoms in total. The van der Waals surface area contributed by atoms with E-state index in [0.29, 0.717) is 12.1 Å². The molecule has 2 atom stereocenters. The number of fused-ring (bicyclic) bond motifs is 2. The number of rotatable bonds is 2. The van der Waals surface area contributed by atoms with Gasteiger partial charge in [-0.05, 0) is 12.0 Å². The molecule has 0 aliphatic carbocycles. The summed E-state index contributed by atoms with van der Waals surface area (Å²) >= 11 is 0. The van der Waals surface area contributed by atoms with Crippen LogP contribution in [0.1, 0.15) is 12.0 Å². The molecule has 2 heterocycles. The number of likely N-dealkylation sites (tertiary alicyclic amines) is 2. The van der Waals surface area contributed by atoms with Gasteiger partial charge in [-0.2, -0.15) is 0 Å². The Bertz CT molecular complexity index is 435. The second-order valence-corrected chi connectivity index (χ2v) is 5.08. The van der Waals surface area contributed by atoms with Crippen molar-refractivity contribution in [3.8, 4) is 0 Å². The third-order valence-corrected chi connectivity index (χ3v) is 3.99. The van der Waals surface area contributed by atoms with E-state index in [1.54, 1.807) is 0 Å². The fraction of sp³-hybridized carbons (Fsp3) is 0.500. The van der Waals surface area contributed by atoms with Crippen LogP contribution in [0.4, 0.5) is 4.79 Å². The Balaban J connectivity index is 1.62. The summed E-state index contributed by atoms with van der Waals surface area (Å²) in [5.41, 5.74) is 1.34. The Labute approximate surface area is 107 Å². The van der Waals surface area contributed by atoms with Gasteiger partial charge >= 0.3 is 6.09 Å². The van der Waals surface area contributed by atoms with Crippen molar-refractivity contribution < 1.29 is 9.53 Å². The first-order valence-electron chi connectivity index (χ1n) is 6.40. The van der Waals surface area contributed by atoms with Gasteiger partial charge in [-0.3, -0.25) is 4.90 Å². The van der Waals surface area contributed by atoms with Gasteiger partial charge in [-0.15, -0.1) is 0 Å². The van der Waals surface area contributed by atoms with Gasteiger partial charge in [0.05, 0.1) is 7.11 Å². The van der Waals surface area contributed by atoms with Crippen molar-refractivity contribution in [2.24, 2.45) is 0 Å². The minimum atomic E-state index is -0.179. The molecule has 0 spiro atoms. The predicted octanol–water partition coefficient (Wildman–Crippen LogP) is 1.71. The number of benzene rings is 1. The zero-order valence-corrected chi connectivity index (χ0v) is 10.6. The summed E-state index contributed by atoms with van der Waals surface area (Å²) in [4.78, 5) is 15.9. The molecule has 2 aliphatic rings. The Morgan fingerprint density at radius 3 is 2.67 bits per heavy atom. The van der Waals surface area contributed by atoms with Crippen molar-refractivity contribution in [2.75, 3.05) is 20.2 Å². The Morgan fingerprint density at radius 2 is 2.06 bits per heavy atom. The molecule has 0 unspecified atom stereocenters. The smallest absolute Gasteiger partial charge is 0.409 e. The van der Waals surface area contributed by atoms with Gasteiger partial charge in [0.2, 0.25) is 0 Å². The highest BCUT2D eigenvalue weighted by molar-refractivity contribution is 5.68. The lowest BCUT2D eigenvalue weighted by molar-refractivity contribution is 0.0866. The van der Waals surface area contributed by atoms with Crippen LogP contribution in [0.3, 0.4) is 0 Å². The molecule has 2 fully saturated rings. The maximum Gasteiger partial charge on any atom is 0.409 e. The molecule has 1 aromatic rings. The molecule has 1 amide bonds. The van der Waals surface area contributed by atoms with E-state index in [-0.39, 0.29) is 6.09 Å². The zero-order chi connectivity index (χ0) is 12.5. The van der Waals surface area contributed by atoms with E-state index in [0.717, 1.165) is 26.1 Å². The summed E-state index contributed by atoms with van der Waals surface area (Å²) in [5, 5.41) is 0. The number of carbonyl (C=O) groups excluding carboxylic acids is 1. The van der Waals surface area contributed by atoms with Crippen LogP contribution in [0.15, 0.2) is 30.3 Å². The quantitative estimate of drug-likeness (QED) is 0.796. The van der Waals surface area contributed by atoms with Crippen molar-refractivity contribution in [3.63, 3.8) is 0 Å². The molecule has 0 N–H and O–H groups in total. The van der Waals surface area contributed by atoms with Crippen LogP contribution in [0.5, 0.6) is 0 Å². The number of carbonyl (C=O) groups is 1. The number of amides is 1. The van der Waals surface area contributed by atoms with Gasteiger partial charge in [-0.25, -0.2) is 4.79 Å². The second-order valence-electron chi connectivity index (χ2n) is 5.08. The van der Waals surface area contributed by atoms with E-state index in [9.17, 15) is 4.79 Å². The maximum absolute atomic E-state index is 11.6. The first-order chi connectivity index (χ1) is 8.78. The third kappa shape index (κ3) is 1.97. The molecule has 0 radical (unpaired) electrons. The minimum Gasteiger partial charge on any atom is -0.453 e. The van der Waals surface area contributed by atoms with Crippen molar-refractivity contribution in [3.05, 3.63) is 35.9 Å². The standard InChI is InChI=1S/C14H18N2O2/c1-18-14(17)16-10-12-7-13(16)9-15(12)8-11-5-3-2-4-6-11/h2-6,12-13H,7-10H2,1H3/t12-,13-/m0/s1. The molecule has 4 heteroatoms. The van der Waals surface area contributed by atoms with Gasteiger partial charge in [-0.1, -0.05) is 30.3 Å². The molecule has 2 saturated heterocycles. The van der Waals surface area contributed by atoms with Gasteiger partial charge in [0, 0.05) is 31.7 Å². The van der Waals surface area contributed by atoms with E-state index in [4.69, 9.17) is 4.74 Å². The average molecular weight is 246 g/mol. The highest BCUT2D eigenvalue weighted by Gasteiger charge is 2.45. The Hall–Kier alpha value is -1.55. The number of nitrogens with zero attached hydrogens (tertiary/aromatic N) is 2. The lowest BCUT2D eigenvalue weighted by atomic mass is 10.2. The molecule has 96 valence electrons. The second kappa shape index (κ2) is 4.61. The average Bonchev–Trinajstić information content (AvgIpc) is 2.98. The fourth-order valence-electron chi connectivity index (χ4n) is 3.10. The van der Waals surface area contributed by atoms with Crippen LogP contribution in [0.25, 0.3) is 0 Å². The molecule has 0 saturated carbocycles. The Kier molecular flexibility index (Phi) is 2.96. The molecule has 2 aliphatic heterocycles. The number of ether oxygens (including phenoxy) is 1. The van der Waals surface area contributed by atoms with Crippen LogP contribution in [-0.2, 0) is 11.3 Å². The van der Waals surface area contributed by atoms with E-state index in [1.807, 2.05) is 11.0 Å². The van der Waals surface area contributed by atoms with Gasteiger partial charge in [0.1, 0.15) is 0 Å². The molecular formula is C14H18N2O2. The summed E-state index contributed by atoms with van der Waals surface area (Å²) in [5.74, 6) is 0. The summed E-state index contributed by atoms with van der Waals surface area (Å²) in [6, 6.07) is 11.3. The largest absolute Gasteiger partial charge is 0.453 e. The summed E-state index contributed by atoms with van der Waals surface area (Å²) in [6.45, 7) is 2.76. The van der Waals surface area contributed by atoms with Crippen LogP contribution < -0.4 is 0 Å². The summed E-state index contributed by atoms with van der Waals surface area (Å²) in [6.07, 6.45) is 0.906. The maximum atomic E-state index is 11.6. The van der Waals surface area contributed by atoms with E-state index < -0.39 is 0 Å². The number of hydrogen-bond donors (Lipinski definition) is 0. The summed E-state index contributed by atoms with van der Waals surface area (Å²) < 4.78 is 4.81. The van der Waals surface area contributed by atoms with Gasteiger partial charge in [0.15, 0.2) is 0 Å². The van der Waals surface area contributed by atoms with E-state index in [2.05, 4.69) is 29.2 Å². The lowest BCUT2D eigenvalue weighted by Crippen LogP contribution is -2.48. The van der Waals surface area contributed by atoms with Crippen LogP contribution in [0.2, 0.25) is 0 Å². The van der Waals surface area contributed by atoms with E-state index >= 15 is 0 Å². The number of methoxy groups -OCH3 is 1. The third-order valence-electron chi connectivity index (χ3n) is 3.99. The monoisotopic (exact) mass is 246 g/mol. The first kappa shape index (κ1) is 11.5. The normalized spacial score (nSPS) is 26.6. The van der Waals surface area contributed by atoms with Gasteiger partial charge in [0.25, 0.3) is 0 Å². The molecular weight excluding hydrogens is 228 g/mol. The fourth-order valence-corrected chi connectivity index (χ4v) is 3.10. The van der Waals surface area contributed by atoms with Crippen molar-refractivity contribution in [1.82, 2.24) is 9.80 Å². The molecule has 3 rings (SSSR count).